The fourth-order valence-electron chi connectivity index (χ4n) is 2.48. The van der Waals surface area contributed by atoms with Gasteiger partial charge in [-0.25, -0.2) is 8.42 Å². The quantitative estimate of drug-likeness (QED) is 0.854. The van der Waals surface area contributed by atoms with E-state index >= 15 is 0 Å². The van der Waals surface area contributed by atoms with Crippen LogP contribution in [-0.2, 0) is 16.4 Å². The lowest BCUT2D eigenvalue weighted by Crippen LogP contribution is -2.29. The van der Waals surface area contributed by atoms with E-state index in [2.05, 4.69) is 6.07 Å². The average molecular weight is 307 g/mol. The molecule has 0 saturated carbocycles. The van der Waals surface area contributed by atoms with E-state index in [4.69, 9.17) is 11.6 Å². The highest BCUT2D eigenvalue weighted by atomic mass is 35.5. The van der Waals surface area contributed by atoms with Gasteiger partial charge in [-0.05, 0) is 42.7 Å². The van der Waals surface area contributed by atoms with Crippen molar-refractivity contribution in [2.45, 2.75) is 18.2 Å². The zero-order valence-electron chi connectivity index (χ0n) is 10.9. The van der Waals surface area contributed by atoms with Crippen molar-refractivity contribution in [1.82, 2.24) is 0 Å². The average Bonchev–Trinajstić information content (AvgIpc) is 2.82. The topological polar surface area (TPSA) is 37.4 Å². The first kappa shape index (κ1) is 13.5. The molecule has 0 aromatic heterocycles. The van der Waals surface area contributed by atoms with Crippen LogP contribution in [0.5, 0.6) is 0 Å². The number of rotatable bonds is 2. The Morgan fingerprint density at radius 2 is 2.10 bits per heavy atom. The van der Waals surface area contributed by atoms with Gasteiger partial charge in [-0.1, -0.05) is 29.8 Å². The number of hydrogen-bond donors (Lipinski definition) is 0. The lowest BCUT2D eigenvalue weighted by atomic mass is 10.2. The third kappa shape index (κ3) is 2.09. The maximum atomic E-state index is 12.8. The molecule has 0 spiro atoms. The van der Waals surface area contributed by atoms with Gasteiger partial charge >= 0.3 is 0 Å². The third-order valence-electron chi connectivity index (χ3n) is 3.46. The van der Waals surface area contributed by atoms with E-state index in [1.54, 1.807) is 37.3 Å². The summed E-state index contributed by atoms with van der Waals surface area (Å²) in [5.41, 5.74) is 2.38. The first-order valence-electron chi connectivity index (χ1n) is 6.28. The third-order valence-corrected chi connectivity index (χ3v) is 5.61. The highest BCUT2D eigenvalue weighted by molar-refractivity contribution is 7.92. The van der Waals surface area contributed by atoms with E-state index in [0.717, 1.165) is 5.56 Å². The molecule has 3 nitrogen and oxygen atoms in total. The Bertz CT molecular complexity index is 771. The highest BCUT2D eigenvalue weighted by Crippen LogP contribution is 2.34. The van der Waals surface area contributed by atoms with Crippen LogP contribution in [0.25, 0.3) is 0 Å². The van der Waals surface area contributed by atoms with Crippen LogP contribution < -0.4 is 4.31 Å². The lowest BCUT2D eigenvalue weighted by Gasteiger charge is -2.20. The summed E-state index contributed by atoms with van der Waals surface area (Å²) in [5.74, 6) is 0. The van der Waals surface area contributed by atoms with E-state index in [-0.39, 0.29) is 4.90 Å². The molecular weight excluding hydrogens is 294 g/mol. The molecule has 3 rings (SSSR count). The molecule has 0 fully saturated rings. The molecule has 0 unspecified atom stereocenters. The van der Waals surface area contributed by atoms with Crippen molar-refractivity contribution in [2.24, 2.45) is 0 Å². The fraction of sp³-hybridized carbons (Fsp3) is 0.200. The van der Waals surface area contributed by atoms with E-state index in [1.807, 2.05) is 6.07 Å². The van der Waals surface area contributed by atoms with Gasteiger partial charge in [-0.3, -0.25) is 4.31 Å². The van der Waals surface area contributed by atoms with Crippen LogP contribution in [0.4, 0.5) is 5.69 Å². The van der Waals surface area contributed by atoms with Crippen molar-refractivity contribution in [3.05, 3.63) is 58.6 Å². The Morgan fingerprint density at radius 1 is 1.30 bits per heavy atom. The van der Waals surface area contributed by atoms with Gasteiger partial charge in [0.25, 0.3) is 10.0 Å². The van der Waals surface area contributed by atoms with Crippen LogP contribution in [-0.4, -0.2) is 15.0 Å². The molecular formula is C15H13ClNO2S. The second-order valence-corrected chi connectivity index (χ2v) is 7.02. The van der Waals surface area contributed by atoms with Gasteiger partial charge in [0.15, 0.2) is 0 Å². The Balaban J connectivity index is 2.10. The molecule has 1 heterocycles. The number of anilines is 1. The minimum Gasteiger partial charge on any atom is -0.266 e. The first-order valence-corrected chi connectivity index (χ1v) is 8.10. The predicted octanol–water partition coefficient (Wildman–Crippen LogP) is 3.20. The maximum Gasteiger partial charge on any atom is 0.265 e. The van der Waals surface area contributed by atoms with Crippen molar-refractivity contribution >= 4 is 27.3 Å². The number of hydrogen-bond acceptors (Lipinski definition) is 2. The summed E-state index contributed by atoms with van der Waals surface area (Å²) in [6.45, 7) is 2.22. The first-order chi connectivity index (χ1) is 9.50. The molecule has 0 bridgehead atoms. The molecule has 0 amide bonds. The van der Waals surface area contributed by atoms with Crippen LogP contribution in [0.15, 0.2) is 41.3 Å². The number of halogens is 1. The van der Waals surface area contributed by atoms with Crippen molar-refractivity contribution in [3.8, 4) is 0 Å². The molecule has 2 aromatic carbocycles. The summed E-state index contributed by atoms with van der Waals surface area (Å²) in [7, 11) is -3.56. The smallest absolute Gasteiger partial charge is 0.265 e. The van der Waals surface area contributed by atoms with Crippen LogP contribution in [0.1, 0.15) is 11.1 Å². The normalized spacial score (nSPS) is 14.4. The largest absolute Gasteiger partial charge is 0.266 e. The minimum absolute atomic E-state index is 0.239. The molecule has 0 saturated heterocycles. The molecule has 0 aliphatic carbocycles. The van der Waals surface area contributed by atoms with E-state index in [9.17, 15) is 8.42 Å². The van der Waals surface area contributed by atoms with Crippen molar-refractivity contribution in [2.75, 3.05) is 10.8 Å². The molecule has 5 heteroatoms. The molecule has 0 N–H and O–H groups in total. The predicted molar refractivity (Wildman–Crippen MR) is 79.7 cm³/mol. The van der Waals surface area contributed by atoms with Gasteiger partial charge in [-0.15, -0.1) is 0 Å². The second kappa shape index (κ2) is 4.79. The Morgan fingerprint density at radius 3 is 2.85 bits per heavy atom. The van der Waals surface area contributed by atoms with Crippen molar-refractivity contribution in [3.63, 3.8) is 0 Å². The zero-order chi connectivity index (χ0) is 14.3. The van der Waals surface area contributed by atoms with Crippen LogP contribution in [0.3, 0.4) is 0 Å². The molecule has 2 aromatic rings. The van der Waals surface area contributed by atoms with Gasteiger partial charge in [-0.2, -0.15) is 0 Å². The van der Waals surface area contributed by atoms with Crippen molar-refractivity contribution in [1.29, 1.82) is 0 Å². The number of nitrogens with zero attached hydrogens (tertiary/aromatic N) is 1. The summed E-state index contributed by atoms with van der Waals surface area (Å²) >= 11 is 5.95. The molecule has 1 aliphatic rings. The summed E-state index contributed by atoms with van der Waals surface area (Å²) in [4.78, 5) is 0.239. The lowest BCUT2D eigenvalue weighted by molar-refractivity contribution is 0.591. The standard InChI is InChI=1S/C15H13ClNO2S/c1-11-4-2-3-5-15(11)20(18,19)17-9-8-12-10-13(16)6-7-14(12)17/h2-4,6-7,10H,8-9H2,1H3. The van der Waals surface area contributed by atoms with E-state index in [1.165, 1.54) is 4.31 Å². The number of sulfonamides is 1. The van der Waals surface area contributed by atoms with Crippen LogP contribution in [0, 0.1) is 13.0 Å². The van der Waals surface area contributed by atoms with Gasteiger partial charge in [0.2, 0.25) is 0 Å². The Kier molecular flexibility index (Phi) is 3.22. The Hall–Kier alpha value is -1.52. The van der Waals surface area contributed by atoms with Gasteiger partial charge in [0.05, 0.1) is 10.6 Å². The van der Waals surface area contributed by atoms with Gasteiger partial charge in [0.1, 0.15) is 0 Å². The molecule has 20 heavy (non-hydrogen) atoms. The van der Waals surface area contributed by atoms with Crippen molar-refractivity contribution < 1.29 is 8.42 Å². The number of benzene rings is 2. The minimum atomic E-state index is -3.56. The fourth-order valence-corrected chi connectivity index (χ4v) is 4.36. The zero-order valence-corrected chi connectivity index (χ0v) is 12.5. The van der Waals surface area contributed by atoms with Crippen LogP contribution >= 0.6 is 11.6 Å². The van der Waals surface area contributed by atoms with E-state index < -0.39 is 10.0 Å². The second-order valence-electron chi connectivity index (χ2n) is 4.78. The molecule has 103 valence electrons. The summed E-state index contributed by atoms with van der Waals surface area (Å²) in [6.07, 6.45) is 0.682. The molecule has 1 aliphatic heterocycles. The van der Waals surface area contributed by atoms with Crippen LogP contribution in [0.2, 0.25) is 5.02 Å². The van der Waals surface area contributed by atoms with Gasteiger partial charge in [0, 0.05) is 17.6 Å². The number of fused-ring (bicyclic) bond motifs is 1. The summed E-state index contributed by atoms with van der Waals surface area (Å²) in [6, 6.07) is 13.3. The highest BCUT2D eigenvalue weighted by Gasteiger charge is 2.31. The molecule has 0 atom stereocenters. The Labute approximate surface area is 123 Å². The monoisotopic (exact) mass is 306 g/mol. The van der Waals surface area contributed by atoms with Gasteiger partial charge < -0.3 is 0 Å². The molecule has 1 radical (unpaired) electrons. The maximum absolute atomic E-state index is 12.8. The summed E-state index contributed by atoms with van der Waals surface area (Å²) in [5, 5.41) is 0.630. The van der Waals surface area contributed by atoms with E-state index in [0.29, 0.717) is 29.2 Å². The summed E-state index contributed by atoms with van der Waals surface area (Å²) < 4.78 is 27.0. The SMILES string of the molecule is Cc1ccc[c]c1S(=O)(=O)N1CCc2cc(Cl)ccc21. The number of aryl methyl sites for hydroxylation is 1.